The van der Waals surface area contributed by atoms with Gasteiger partial charge in [0, 0.05) is 6.42 Å². The maximum absolute atomic E-state index is 11.5. The number of aliphatic hydroxyl groups is 1. The van der Waals surface area contributed by atoms with E-state index in [0.29, 0.717) is 0 Å². The van der Waals surface area contributed by atoms with Crippen molar-refractivity contribution in [1.82, 2.24) is 19.5 Å². The normalized spacial score (nSPS) is 25.7. The third-order valence-electron chi connectivity index (χ3n) is 3.55. The lowest BCUT2D eigenvalue weighted by molar-refractivity contribution is -0.0423. The zero-order chi connectivity index (χ0) is 20.0. The highest BCUT2D eigenvalue weighted by atomic mass is 35.5. The van der Waals surface area contributed by atoms with E-state index in [4.69, 9.17) is 31.9 Å². The third kappa shape index (κ3) is 4.81. The number of hydrogen-bond acceptors (Lipinski definition) is 10. The SMILES string of the molecule is Nc1nc(Cl)nc2c1ncn2[C@H]1C[C@H](O)[C@@H](COP(=O)(O)OP(=O)(O)O)O1. The second kappa shape index (κ2) is 7.33. The number of hydrogen-bond donors (Lipinski definition) is 5. The molecule has 27 heavy (non-hydrogen) atoms. The van der Waals surface area contributed by atoms with Crippen molar-refractivity contribution in [2.75, 3.05) is 12.3 Å². The lowest BCUT2D eigenvalue weighted by Gasteiger charge is -2.18. The van der Waals surface area contributed by atoms with Crippen molar-refractivity contribution in [3.63, 3.8) is 0 Å². The van der Waals surface area contributed by atoms with Crippen LogP contribution in [0.25, 0.3) is 11.2 Å². The van der Waals surface area contributed by atoms with Gasteiger partial charge in [-0.1, -0.05) is 0 Å². The predicted molar refractivity (Wildman–Crippen MR) is 88.2 cm³/mol. The number of phosphoric ester groups is 1. The molecule has 150 valence electrons. The van der Waals surface area contributed by atoms with E-state index in [1.807, 2.05) is 0 Å². The second-order valence-electron chi connectivity index (χ2n) is 5.47. The van der Waals surface area contributed by atoms with Crippen LogP contribution in [0.4, 0.5) is 5.82 Å². The fourth-order valence-corrected chi connectivity index (χ4v) is 4.25. The van der Waals surface area contributed by atoms with Gasteiger partial charge in [-0.25, -0.2) is 14.1 Å². The molecule has 0 aromatic carbocycles. The molecule has 4 atom stereocenters. The molecule has 3 heterocycles. The molecule has 0 radical (unpaired) electrons. The Morgan fingerprint density at radius 3 is 2.74 bits per heavy atom. The highest BCUT2D eigenvalue weighted by Gasteiger charge is 2.39. The van der Waals surface area contributed by atoms with Crippen molar-refractivity contribution >= 4 is 44.2 Å². The molecule has 2 aromatic rings. The molecule has 0 spiro atoms. The lowest BCUT2D eigenvalue weighted by Crippen LogP contribution is -2.26. The second-order valence-corrected chi connectivity index (χ2v) is 8.64. The van der Waals surface area contributed by atoms with Crippen LogP contribution in [-0.2, 0) is 22.7 Å². The molecule has 3 rings (SSSR count). The molecular formula is C10H14ClN5O9P2. The Labute approximate surface area is 155 Å². The first-order valence-electron chi connectivity index (χ1n) is 7.18. The summed E-state index contributed by atoms with van der Waals surface area (Å²) in [5.41, 5.74) is 6.24. The van der Waals surface area contributed by atoms with Crippen LogP contribution in [0.2, 0.25) is 5.28 Å². The van der Waals surface area contributed by atoms with Crippen LogP contribution in [0.15, 0.2) is 6.33 Å². The average molecular weight is 446 g/mol. The number of phosphoric acid groups is 2. The van der Waals surface area contributed by atoms with Crippen molar-refractivity contribution in [2.24, 2.45) is 0 Å². The molecule has 6 N–H and O–H groups in total. The topological polar surface area (TPSA) is 212 Å². The van der Waals surface area contributed by atoms with Gasteiger partial charge in [0.05, 0.1) is 19.0 Å². The molecule has 0 bridgehead atoms. The molecule has 0 aliphatic carbocycles. The van der Waals surface area contributed by atoms with Gasteiger partial charge in [0.25, 0.3) is 0 Å². The number of rotatable bonds is 6. The first kappa shape index (κ1) is 20.6. The molecule has 1 aliphatic rings. The fourth-order valence-electron chi connectivity index (χ4n) is 2.48. The summed E-state index contributed by atoms with van der Waals surface area (Å²) < 4.78 is 37.2. The summed E-state index contributed by atoms with van der Waals surface area (Å²) in [6.07, 6.45) is -1.62. The number of ether oxygens (including phenoxy) is 1. The Bertz CT molecular complexity index is 951. The Balaban J connectivity index is 1.72. The molecule has 17 heteroatoms. The summed E-state index contributed by atoms with van der Waals surface area (Å²) in [5.74, 6) is 0.0537. The summed E-state index contributed by atoms with van der Waals surface area (Å²) in [6.45, 7) is -0.671. The van der Waals surface area contributed by atoms with Crippen molar-refractivity contribution in [3.05, 3.63) is 11.6 Å². The van der Waals surface area contributed by atoms with Gasteiger partial charge in [-0.3, -0.25) is 9.09 Å². The molecule has 1 unspecified atom stereocenters. The lowest BCUT2D eigenvalue weighted by atomic mass is 10.2. The summed E-state index contributed by atoms with van der Waals surface area (Å²) in [5, 5.41) is 9.97. The van der Waals surface area contributed by atoms with E-state index in [-0.39, 0.29) is 28.7 Å². The van der Waals surface area contributed by atoms with Crippen LogP contribution in [0.3, 0.4) is 0 Å². The molecule has 0 amide bonds. The molecule has 1 saturated heterocycles. The van der Waals surface area contributed by atoms with E-state index in [1.54, 1.807) is 0 Å². The first-order chi connectivity index (χ1) is 12.5. The van der Waals surface area contributed by atoms with Crippen LogP contribution >= 0.6 is 27.2 Å². The number of aromatic nitrogens is 4. The van der Waals surface area contributed by atoms with Gasteiger partial charge in [-0.15, -0.1) is 0 Å². The standard InChI is InChI=1S/C10H14ClN5O9P2/c11-10-14-8(12)7-9(15-10)16(3-13-7)6-1-4(17)5(24-6)2-23-27(21,22)25-26(18,19)20/h3-6,17H,1-2H2,(H,21,22)(H2,12,14,15)(H2,18,19,20)/t4-,5+,6+/m0/s1. The zero-order valence-corrected chi connectivity index (χ0v) is 15.7. The van der Waals surface area contributed by atoms with Crippen molar-refractivity contribution in [1.29, 1.82) is 0 Å². The van der Waals surface area contributed by atoms with Crippen LogP contribution < -0.4 is 5.73 Å². The van der Waals surface area contributed by atoms with Crippen molar-refractivity contribution in [2.45, 2.75) is 24.9 Å². The van der Waals surface area contributed by atoms with Crippen LogP contribution in [0.5, 0.6) is 0 Å². The summed E-state index contributed by atoms with van der Waals surface area (Å²) in [6, 6.07) is 0. The smallest absolute Gasteiger partial charge is 0.390 e. The van der Waals surface area contributed by atoms with E-state index in [9.17, 15) is 19.1 Å². The summed E-state index contributed by atoms with van der Waals surface area (Å²) in [7, 11) is -10.3. The van der Waals surface area contributed by atoms with E-state index in [0.717, 1.165) is 0 Å². The summed E-state index contributed by atoms with van der Waals surface area (Å²) >= 11 is 5.78. The maximum Gasteiger partial charge on any atom is 0.481 e. The van der Waals surface area contributed by atoms with Crippen LogP contribution in [0, 0.1) is 0 Å². The minimum atomic E-state index is -5.24. The monoisotopic (exact) mass is 445 g/mol. The Hall–Kier alpha value is -1.18. The predicted octanol–water partition coefficient (Wildman–Crippen LogP) is -0.0634. The Kier molecular flexibility index (Phi) is 5.58. The van der Waals surface area contributed by atoms with Gasteiger partial charge in [0.15, 0.2) is 11.5 Å². The molecule has 1 fully saturated rings. The number of nitrogens with zero attached hydrogens (tertiary/aromatic N) is 4. The molecule has 2 aromatic heterocycles. The number of imidazole rings is 1. The van der Waals surface area contributed by atoms with Crippen LogP contribution in [0.1, 0.15) is 12.6 Å². The number of aliphatic hydroxyl groups excluding tert-OH is 1. The average Bonchev–Trinajstić information content (AvgIpc) is 3.06. The van der Waals surface area contributed by atoms with E-state index in [1.165, 1.54) is 10.9 Å². The summed E-state index contributed by atoms with van der Waals surface area (Å²) in [4.78, 5) is 38.2. The highest BCUT2D eigenvalue weighted by molar-refractivity contribution is 7.60. The number of fused-ring (bicyclic) bond motifs is 1. The van der Waals surface area contributed by atoms with Gasteiger partial charge >= 0.3 is 15.6 Å². The van der Waals surface area contributed by atoms with E-state index < -0.39 is 40.7 Å². The van der Waals surface area contributed by atoms with Gasteiger partial charge in [-0.05, 0) is 11.6 Å². The Morgan fingerprint density at radius 2 is 2.07 bits per heavy atom. The number of nitrogen functional groups attached to an aromatic ring is 1. The van der Waals surface area contributed by atoms with E-state index in [2.05, 4.69) is 23.8 Å². The minimum Gasteiger partial charge on any atom is -0.390 e. The van der Waals surface area contributed by atoms with Gasteiger partial charge in [0.1, 0.15) is 17.8 Å². The third-order valence-corrected chi connectivity index (χ3v) is 5.87. The first-order valence-corrected chi connectivity index (χ1v) is 10.6. The fraction of sp³-hybridized carbons (Fsp3) is 0.500. The number of nitrogens with two attached hydrogens (primary N) is 1. The maximum atomic E-state index is 11.5. The van der Waals surface area contributed by atoms with Crippen molar-refractivity contribution < 1.29 is 42.5 Å². The van der Waals surface area contributed by atoms with E-state index >= 15 is 0 Å². The number of anilines is 1. The molecule has 0 saturated carbocycles. The zero-order valence-electron chi connectivity index (χ0n) is 13.2. The minimum absolute atomic E-state index is 0.0378. The molecular weight excluding hydrogens is 432 g/mol. The number of halogens is 1. The highest BCUT2D eigenvalue weighted by Crippen LogP contribution is 2.57. The van der Waals surface area contributed by atoms with Gasteiger partial charge < -0.3 is 30.3 Å². The van der Waals surface area contributed by atoms with Crippen molar-refractivity contribution in [3.8, 4) is 0 Å². The molecule has 1 aliphatic heterocycles. The molecule has 14 nitrogen and oxygen atoms in total. The largest absolute Gasteiger partial charge is 0.481 e. The van der Waals surface area contributed by atoms with Gasteiger partial charge in [0.2, 0.25) is 5.28 Å². The quantitative estimate of drug-likeness (QED) is 0.291. The van der Waals surface area contributed by atoms with Gasteiger partial charge in [-0.2, -0.15) is 14.3 Å². The van der Waals surface area contributed by atoms with Crippen LogP contribution in [-0.4, -0.2) is 58.1 Å². The Morgan fingerprint density at radius 1 is 1.37 bits per heavy atom.